The van der Waals surface area contributed by atoms with Crippen LogP contribution < -0.4 is 0 Å². The van der Waals surface area contributed by atoms with Crippen LogP contribution in [0.1, 0.15) is 48.0 Å². The van der Waals surface area contributed by atoms with Gasteiger partial charge in [-0.2, -0.15) is 0 Å². The van der Waals surface area contributed by atoms with Crippen LogP contribution in [-0.4, -0.2) is 40.8 Å². The van der Waals surface area contributed by atoms with Crippen LogP contribution >= 0.6 is 0 Å². The van der Waals surface area contributed by atoms with Crippen LogP contribution in [0.3, 0.4) is 0 Å². The lowest BCUT2D eigenvalue weighted by Gasteiger charge is -2.26. The number of nitrogens with zero attached hydrogens (tertiary/aromatic N) is 1. The second-order valence-corrected chi connectivity index (χ2v) is 7.68. The third-order valence-electron chi connectivity index (χ3n) is 3.50. The number of carbonyl (C=O) groups is 2. The van der Waals surface area contributed by atoms with Gasteiger partial charge in [0, 0.05) is 6.54 Å². The molecule has 1 saturated carbocycles. The zero-order valence-electron chi connectivity index (χ0n) is 13.2. The van der Waals surface area contributed by atoms with Gasteiger partial charge in [0.1, 0.15) is 11.2 Å². The molecule has 5 nitrogen and oxygen atoms in total. The van der Waals surface area contributed by atoms with Crippen molar-refractivity contribution in [1.82, 2.24) is 4.90 Å². The molecule has 0 spiro atoms. The number of amides is 1. The second-order valence-electron chi connectivity index (χ2n) is 7.68. The Morgan fingerprint density at radius 2 is 1.55 bits per heavy atom. The summed E-state index contributed by atoms with van der Waals surface area (Å²) in [5.74, 6) is -0.117. The van der Waals surface area contributed by atoms with E-state index in [2.05, 4.69) is 0 Å². The van der Waals surface area contributed by atoms with E-state index in [1.807, 2.05) is 41.5 Å². The van der Waals surface area contributed by atoms with Gasteiger partial charge >= 0.3 is 12.1 Å². The van der Waals surface area contributed by atoms with Crippen molar-refractivity contribution in [2.24, 2.45) is 11.8 Å². The van der Waals surface area contributed by atoms with E-state index in [1.54, 1.807) is 4.90 Å². The molecule has 1 aliphatic heterocycles. The maximum Gasteiger partial charge on any atom is 0.410 e. The topological polar surface area (TPSA) is 55.8 Å². The molecule has 1 amide bonds. The fourth-order valence-electron chi connectivity index (χ4n) is 2.79. The van der Waals surface area contributed by atoms with Gasteiger partial charge in [-0.3, -0.25) is 4.79 Å². The largest absolute Gasteiger partial charge is 0.460 e. The summed E-state index contributed by atoms with van der Waals surface area (Å²) in [6.07, 6.45) is 0.532. The third-order valence-corrected chi connectivity index (χ3v) is 3.50. The minimum absolute atomic E-state index is 0.0281. The van der Waals surface area contributed by atoms with Crippen LogP contribution in [0.25, 0.3) is 0 Å². The van der Waals surface area contributed by atoms with Crippen LogP contribution in [0.15, 0.2) is 0 Å². The smallest absolute Gasteiger partial charge is 0.410 e. The van der Waals surface area contributed by atoms with Crippen LogP contribution in [0, 0.1) is 11.8 Å². The maximum atomic E-state index is 12.1. The van der Waals surface area contributed by atoms with Crippen molar-refractivity contribution in [2.75, 3.05) is 6.54 Å². The Hall–Kier alpha value is -1.26. The average Bonchev–Trinajstić information content (AvgIpc) is 2.74. The third kappa shape index (κ3) is 3.25. The zero-order valence-corrected chi connectivity index (χ0v) is 13.2. The first-order valence-corrected chi connectivity index (χ1v) is 7.22. The van der Waals surface area contributed by atoms with Crippen molar-refractivity contribution < 1.29 is 19.1 Å². The summed E-state index contributed by atoms with van der Waals surface area (Å²) in [6.45, 7) is 11.8. The fraction of sp³-hybridized carbons (Fsp3) is 0.867. The van der Waals surface area contributed by atoms with Gasteiger partial charge in [0.05, 0.1) is 12.0 Å². The molecule has 2 fully saturated rings. The molecule has 2 rings (SSSR count). The summed E-state index contributed by atoms with van der Waals surface area (Å²) >= 11 is 0. The molecular weight excluding hydrogens is 258 g/mol. The van der Waals surface area contributed by atoms with E-state index >= 15 is 0 Å². The predicted octanol–water partition coefficient (Wildman–Crippen LogP) is 2.58. The summed E-state index contributed by atoms with van der Waals surface area (Å²) in [5, 5.41) is 0. The first-order chi connectivity index (χ1) is 8.99. The molecule has 114 valence electrons. The number of piperidine rings is 1. The van der Waals surface area contributed by atoms with Crippen molar-refractivity contribution in [1.29, 1.82) is 0 Å². The highest BCUT2D eigenvalue weighted by Gasteiger charge is 2.64. The van der Waals surface area contributed by atoms with Crippen LogP contribution in [-0.2, 0) is 14.3 Å². The monoisotopic (exact) mass is 283 g/mol. The minimum atomic E-state index is -0.508. The van der Waals surface area contributed by atoms with Gasteiger partial charge in [-0.25, -0.2) is 4.79 Å². The van der Waals surface area contributed by atoms with Crippen LogP contribution in [0.2, 0.25) is 0 Å². The van der Waals surface area contributed by atoms with E-state index in [0.717, 1.165) is 6.42 Å². The highest BCUT2D eigenvalue weighted by atomic mass is 16.6. The van der Waals surface area contributed by atoms with Gasteiger partial charge in [0.15, 0.2) is 0 Å². The molecular formula is C15H25NO4. The normalized spacial score (nSPS) is 28.9. The first kappa shape index (κ1) is 15.1. The molecule has 0 N–H and O–H groups in total. The van der Waals surface area contributed by atoms with Crippen LogP contribution in [0.4, 0.5) is 4.79 Å². The second kappa shape index (κ2) is 4.64. The highest BCUT2D eigenvalue weighted by molar-refractivity contribution is 5.81. The molecule has 0 unspecified atom stereocenters. The Morgan fingerprint density at radius 1 is 1.00 bits per heavy atom. The van der Waals surface area contributed by atoms with E-state index < -0.39 is 11.2 Å². The van der Waals surface area contributed by atoms with Gasteiger partial charge in [-0.1, -0.05) is 0 Å². The lowest BCUT2D eigenvalue weighted by Crippen LogP contribution is -2.39. The summed E-state index contributed by atoms with van der Waals surface area (Å²) in [4.78, 5) is 25.9. The fourth-order valence-corrected chi connectivity index (χ4v) is 2.79. The number of likely N-dealkylation sites (tertiary alicyclic amines) is 1. The highest BCUT2D eigenvalue weighted by Crippen LogP contribution is 2.52. The molecule has 0 radical (unpaired) electrons. The van der Waals surface area contributed by atoms with E-state index in [0.29, 0.717) is 6.54 Å². The average molecular weight is 283 g/mol. The Balaban J connectivity index is 1.95. The Morgan fingerprint density at radius 3 is 2.05 bits per heavy atom. The zero-order chi connectivity index (χ0) is 15.3. The van der Waals surface area contributed by atoms with Crippen molar-refractivity contribution >= 4 is 12.1 Å². The van der Waals surface area contributed by atoms with Gasteiger partial charge in [-0.05, 0) is 53.9 Å². The number of hydrogen-bond acceptors (Lipinski definition) is 4. The molecule has 0 aromatic carbocycles. The molecule has 1 aliphatic carbocycles. The Kier molecular flexibility index (Phi) is 3.51. The number of esters is 1. The SMILES string of the molecule is CC(C)(C)OC(=O)[C@H]1[C@@H]2CCN(C(=O)OC(C)(C)C)[C@@H]21. The quantitative estimate of drug-likeness (QED) is 0.694. The summed E-state index contributed by atoms with van der Waals surface area (Å²) in [5.41, 5.74) is -0.990. The molecule has 2 aliphatic rings. The number of hydrogen-bond donors (Lipinski definition) is 0. The standard InChI is InChI=1S/C15H25NO4/c1-14(2,3)19-12(17)10-9-7-8-16(11(9)10)13(18)20-15(4,5)6/h9-11H,7-8H2,1-6H3/t9-,10-,11-/m0/s1. The molecule has 0 aromatic rings. The van der Waals surface area contributed by atoms with E-state index in [1.165, 1.54) is 0 Å². The molecule has 20 heavy (non-hydrogen) atoms. The molecule has 0 bridgehead atoms. The molecule has 5 heteroatoms. The Labute approximate surface area is 120 Å². The van der Waals surface area contributed by atoms with Crippen molar-refractivity contribution in [3.63, 3.8) is 0 Å². The first-order valence-electron chi connectivity index (χ1n) is 7.22. The lowest BCUT2D eigenvalue weighted by atomic mass is 10.2. The molecule has 1 saturated heterocycles. The minimum Gasteiger partial charge on any atom is -0.460 e. The van der Waals surface area contributed by atoms with Gasteiger partial charge in [-0.15, -0.1) is 0 Å². The Bertz CT molecular complexity index is 419. The number of ether oxygens (including phenoxy) is 2. The lowest BCUT2D eigenvalue weighted by molar-refractivity contribution is -0.157. The maximum absolute atomic E-state index is 12.1. The van der Waals surface area contributed by atoms with Crippen molar-refractivity contribution in [3.05, 3.63) is 0 Å². The summed E-state index contributed by atoms with van der Waals surface area (Å²) in [7, 11) is 0. The van der Waals surface area contributed by atoms with Crippen LogP contribution in [0.5, 0.6) is 0 Å². The number of carbonyl (C=O) groups excluding carboxylic acids is 2. The molecule has 0 aromatic heterocycles. The van der Waals surface area contributed by atoms with Crippen molar-refractivity contribution in [3.8, 4) is 0 Å². The molecule has 1 heterocycles. The van der Waals surface area contributed by atoms with Gasteiger partial charge in [0.2, 0.25) is 0 Å². The van der Waals surface area contributed by atoms with Crippen molar-refractivity contribution in [2.45, 2.75) is 65.2 Å². The van der Waals surface area contributed by atoms with Gasteiger partial charge < -0.3 is 14.4 Å². The summed E-state index contributed by atoms with van der Waals surface area (Å²) < 4.78 is 10.8. The summed E-state index contributed by atoms with van der Waals surface area (Å²) in [6, 6.07) is -0.0281. The van der Waals surface area contributed by atoms with E-state index in [9.17, 15) is 9.59 Å². The number of rotatable bonds is 1. The predicted molar refractivity (Wildman–Crippen MR) is 74.2 cm³/mol. The van der Waals surface area contributed by atoms with Gasteiger partial charge in [0.25, 0.3) is 0 Å². The van der Waals surface area contributed by atoms with E-state index in [4.69, 9.17) is 9.47 Å². The number of fused-ring (bicyclic) bond motifs is 1. The molecule has 3 atom stereocenters. The van der Waals surface area contributed by atoms with E-state index in [-0.39, 0.29) is 29.9 Å².